The Bertz CT molecular complexity index is 156. The van der Waals surface area contributed by atoms with Gasteiger partial charge in [-0.3, -0.25) is 0 Å². The van der Waals surface area contributed by atoms with Crippen molar-refractivity contribution in [1.29, 1.82) is 0 Å². The standard InChI is InChI=1S/C7H11F3O3/c1-12-4-2-3-5-13-6(11)7(8,9)10/h2-5H2,1H3. The summed E-state index contributed by atoms with van der Waals surface area (Å²) in [4.78, 5) is 10.1. The van der Waals surface area contributed by atoms with E-state index in [1.165, 1.54) is 7.11 Å². The minimum absolute atomic E-state index is 0.221. The number of alkyl halides is 3. The van der Waals surface area contributed by atoms with Crippen LogP contribution >= 0.6 is 0 Å². The van der Waals surface area contributed by atoms with E-state index < -0.39 is 12.1 Å². The van der Waals surface area contributed by atoms with Gasteiger partial charge in [-0.05, 0) is 12.8 Å². The van der Waals surface area contributed by atoms with E-state index in [-0.39, 0.29) is 6.61 Å². The van der Waals surface area contributed by atoms with E-state index in [0.29, 0.717) is 19.4 Å². The predicted octanol–water partition coefficient (Wildman–Crippen LogP) is 1.52. The average Bonchev–Trinajstić information content (AvgIpc) is 2.02. The largest absolute Gasteiger partial charge is 0.490 e. The molecule has 0 amide bonds. The fourth-order valence-corrected chi connectivity index (χ4v) is 0.595. The van der Waals surface area contributed by atoms with Gasteiger partial charge in [0.2, 0.25) is 0 Å². The second kappa shape index (κ2) is 5.80. The topological polar surface area (TPSA) is 35.5 Å². The zero-order valence-electron chi connectivity index (χ0n) is 7.19. The van der Waals surface area contributed by atoms with Crippen molar-refractivity contribution in [2.24, 2.45) is 0 Å². The predicted molar refractivity (Wildman–Crippen MR) is 38.1 cm³/mol. The summed E-state index contributed by atoms with van der Waals surface area (Å²) < 4.78 is 43.2. The highest BCUT2D eigenvalue weighted by molar-refractivity contribution is 5.75. The van der Waals surface area contributed by atoms with Crippen LogP contribution in [0.5, 0.6) is 0 Å². The van der Waals surface area contributed by atoms with E-state index >= 15 is 0 Å². The van der Waals surface area contributed by atoms with Crippen molar-refractivity contribution in [3.63, 3.8) is 0 Å². The van der Waals surface area contributed by atoms with Gasteiger partial charge in [-0.15, -0.1) is 0 Å². The number of hydrogen-bond donors (Lipinski definition) is 0. The molecule has 0 saturated heterocycles. The van der Waals surface area contributed by atoms with E-state index in [2.05, 4.69) is 9.47 Å². The van der Waals surface area contributed by atoms with E-state index in [9.17, 15) is 18.0 Å². The molecule has 0 aliphatic heterocycles. The number of hydrogen-bond acceptors (Lipinski definition) is 3. The Labute approximate surface area is 73.8 Å². The van der Waals surface area contributed by atoms with Gasteiger partial charge in [0.15, 0.2) is 0 Å². The van der Waals surface area contributed by atoms with Crippen LogP contribution in [0.15, 0.2) is 0 Å². The maximum absolute atomic E-state index is 11.5. The summed E-state index contributed by atoms with van der Waals surface area (Å²) in [6.07, 6.45) is -3.95. The summed E-state index contributed by atoms with van der Waals surface area (Å²) in [6.45, 7) is 0.227. The Morgan fingerprint density at radius 2 is 1.77 bits per heavy atom. The van der Waals surface area contributed by atoms with E-state index in [1.54, 1.807) is 0 Å². The van der Waals surface area contributed by atoms with Gasteiger partial charge in [-0.1, -0.05) is 0 Å². The van der Waals surface area contributed by atoms with Crippen molar-refractivity contribution in [3.8, 4) is 0 Å². The zero-order valence-corrected chi connectivity index (χ0v) is 7.19. The van der Waals surface area contributed by atoms with Crippen LogP contribution in [0.25, 0.3) is 0 Å². The Morgan fingerprint density at radius 3 is 2.23 bits per heavy atom. The third kappa shape index (κ3) is 6.39. The molecule has 0 radical (unpaired) electrons. The first-order chi connectivity index (χ1) is 5.98. The van der Waals surface area contributed by atoms with Gasteiger partial charge in [0, 0.05) is 13.7 Å². The fourth-order valence-electron chi connectivity index (χ4n) is 0.595. The van der Waals surface area contributed by atoms with Crippen LogP contribution in [-0.2, 0) is 14.3 Å². The molecule has 0 rings (SSSR count). The second-order valence-electron chi connectivity index (χ2n) is 2.33. The molecule has 3 nitrogen and oxygen atoms in total. The van der Waals surface area contributed by atoms with Crippen molar-refractivity contribution in [2.75, 3.05) is 20.3 Å². The first-order valence-corrected chi connectivity index (χ1v) is 3.71. The van der Waals surface area contributed by atoms with Crippen LogP contribution in [0.4, 0.5) is 13.2 Å². The third-order valence-electron chi connectivity index (χ3n) is 1.21. The first-order valence-electron chi connectivity index (χ1n) is 3.71. The van der Waals surface area contributed by atoms with Crippen molar-refractivity contribution >= 4 is 5.97 Å². The maximum Gasteiger partial charge on any atom is 0.490 e. The number of carbonyl (C=O) groups is 1. The zero-order chi connectivity index (χ0) is 10.3. The molecule has 0 spiro atoms. The molecular formula is C7H11F3O3. The molecule has 0 saturated carbocycles. The summed E-state index contributed by atoms with van der Waals surface area (Å²) in [5.74, 6) is -2.13. The molecule has 0 aromatic heterocycles. The Morgan fingerprint density at radius 1 is 1.23 bits per heavy atom. The lowest BCUT2D eigenvalue weighted by atomic mass is 10.3. The SMILES string of the molecule is COCCCCOC(=O)C(F)(F)F. The highest BCUT2D eigenvalue weighted by atomic mass is 19.4. The quantitative estimate of drug-likeness (QED) is 0.498. The van der Waals surface area contributed by atoms with Crippen molar-refractivity contribution in [1.82, 2.24) is 0 Å². The Kier molecular flexibility index (Phi) is 5.45. The van der Waals surface area contributed by atoms with Gasteiger partial charge >= 0.3 is 12.1 Å². The van der Waals surface area contributed by atoms with Crippen LogP contribution in [0.2, 0.25) is 0 Å². The highest BCUT2D eigenvalue weighted by Gasteiger charge is 2.40. The number of halogens is 3. The van der Waals surface area contributed by atoms with Gasteiger partial charge in [-0.25, -0.2) is 4.79 Å². The first kappa shape index (κ1) is 12.2. The van der Waals surface area contributed by atoms with Gasteiger partial charge < -0.3 is 9.47 Å². The van der Waals surface area contributed by atoms with E-state index in [4.69, 9.17) is 0 Å². The van der Waals surface area contributed by atoms with Gasteiger partial charge in [0.25, 0.3) is 0 Å². The number of ether oxygens (including phenoxy) is 2. The molecule has 6 heteroatoms. The van der Waals surface area contributed by atoms with E-state index in [0.717, 1.165) is 0 Å². The maximum atomic E-state index is 11.5. The fraction of sp³-hybridized carbons (Fsp3) is 0.857. The average molecular weight is 200 g/mol. The van der Waals surface area contributed by atoms with Crippen LogP contribution in [0, 0.1) is 0 Å². The summed E-state index contributed by atoms with van der Waals surface area (Å²) in [5.41, 5.74) is 0. The molecule has 0 aromatic carbocycles. The lowest BCUT2D eigenvalue weighted by Gasteiger charge is -2.06. The number of carbonyl (C=O) groups excluding carboxylic acids is 1. The molecule has 0 N–H and O–H groups in total. The number of methoxy groups -OCH3 is 1. The van der Waals surface area contributed by atoms with Crippen molar-refractivity contribution in [2.45, 2.75) is 19.0 Å². The van der Waals surface area contributed by atoms with Crippen LogP contribution in [-0.4, -0.2) is 32.5 Å². The number of esters is 1. The Balaban J connectivity index is 3.38. The number of unbranched alkanes of at least 4 members (excludes halogenated alkanes) is 1. The van der Waals surface area contributed by atoms with Crippen LogP contribution in [0.1, 0.15) is 12.8 Å². The molecule has 0 atom stereocenters. The van der Waals surface area contributed by atoms with Gasteiger partial charge in [0.1, 0.15) is 0 Å². The Hall–Kier alpha value is -0.780. The molecular weight excluding hydrogens is 189 g/mol. The van der Waals surface area contributed by atoms with E-state index in [1.807, 2.05) is 0 Å². The third-order valence-corrected chi connectivity index (χ3v) is 1.21. The molecule has 78 valence electrons. The molecule has 0 fully saturated rings. The summed E-state index contributed by atoms with van der Waals surface area (Å²) in [6, 6.07) is 0. The van der Waals surface area contributed by atoms with Crippen LogP contribution in [0.3, 0.4) is 0 Å². The van der Waals surface area contributed by atoms with Crippen molar-refractivity contribution < 1.29 is 27.4 Å². The lowest BCUT2D eigenvalue weighted by molar-refractivity contribution is -0.199. The second-order valence-corrected chi connectivity index (χ2v) is 2.33. The molecule has 13 heavy (non-hydrogen) atoms. The highest BCUT2D eigenvalue weighted by Crippen LogP contribution is 2.16. The lowest BCUT2D eigenvalue weighted by Crippen LogP contribution is -2.25. The normalized spacial score (nSPS) is 11.4. The van der Waals surface area contributed by atoms with Gasteiger partial charge in [0.05, 0.1) is 6.61 Å². The summed E-state index contributed by atoms with van der Waals surface area (Å²) in [7, 11) is 1.49. The molecule has 0 unspecified atom stereocenters. The molecule has 0 aromatic rings. The summed E-state index contributed by atoms with van der Waals surface area (Å²) >= 11 is 0. The molecule has 0 aliphatic carbocycles. The van der Waals surface area contributed by atoms with Gasteiger partial charge in [-0.2, -0.15) is 13.2 Å². The van der Waals surface area contributed by atoms with Crippen molar-refractivity contribution in [3.05, 3.63) is 0 Å². The smallest absolute Gasteiger partial charge is 0.459 e. The summed E-state index contributed by atoms with van der Waals surface area (Å²) in [5, 5.41) is 0. The minimum Gasteiger partial charge on any atom is -0.459 e. The molecule has 0 aliphatic rings. The van der Waals surface area contributed by atoms with Crippen LogP contribution < -0.4 is 0 Å². The molecule has 0 bridgehead atoms. The monoisotopic (exact) mass is 200 g/mol. The molecule has 0 heterocycles. The minimum atomic E-state index is -4.89. The number of rotatable bonds is 5.